The number of halogens is 1. The number of nitrogens with zero attached hydrogens (tertiary/aromatic N) is 2. The third-order valence-electron chi connectivity index (χ3n) is 3.92. The van der Waals surface area contributed by atoms with Gasteiger partial charge in [-0.2, -0.15) is 0 Å². The molecule has 0 radical (unpaired) electrons. The molecule has 1 aromatic heterocycles. The highest BCUT2D eigenvalue weighted by Crippen LogP contribution is 2.32. The molecule has 0 saturated heterocycles. The molecule has 0 aliphatic heterocycles. The van der Waals surface area contributed by atoms with Crippen LogP contribution in [0.4, 0.5) is 0 Å². The number of carbonyl (C=O) groups excluding carboxylic acids is 1. The van der Waals surface area contributed by atoms with Gasteiger partial charge in [0.15, 0.2) is 12.1 Å². The van der Waals surface area contributed by atoms with Crippen LogP contribution in [0.25, 0.3) is 16.8 Å². The van der Waals surface area contributed by atoms with Gasteiger partial charge in [-0.25, -0.2) is 4.98 Å². The SMILES string of the molecule is Cc1ccc(-c2c(C3=CC=C(Cl)C=CC3)nc(C=O)n2C)cc1. The summed E-state index contributed by atoms with van der Waals surface area (Å²) in [5.41, 5.74) is 5.04. The number of aryl methyl sites for hydroxylation is 1. The Hall–Kier alpha value is -2.39. The fourth-order valence-corrected chi connectivity index (χ4v) is 2.82. The minimum Gasteiger partial charge on any atom is -0.324 e. The molecule has 0 fully saturated rings. The fourth-order valence-electron chi connectivity index (χ4n) is 2.66. The minimum absolute atomic E-state index is 0.416. The lowest BCUT2D eigenvalue weighted by Crippen LogP contribution is -1.98. The van der Waals surface area contributed by atoms with E-state index in [-0.39, 0.29) is 0 Å². The number of aldehydes is 1. The van der Waals surface area contributed by atoms with Crippen molar-refractivity contribution in [2.45, 2.75) is 13.3 Å². The van der Waals surface area contributed by atoms with Crippen LogP contribution in [0.5, 0.6) is 0 Å². The second-order valence-corrected chi connectivity index (χ2v) is 6.00. The second-order valence-electron chi connectivity index (χ2n) is 5.56. The first kappa shape index (κ1) is 15.5. The second kappa shape index (κ2) is 6.39. The zero-order valence-corrected chi connectivity index (χ0v) is 13.8. The zero-order valence-electron chi connectivity index (χ0n) is 13.1. The average Bonchev–Trinajstić information content (AvgIpc) is 2.72. The maximum atomic E-state index is 11.3. The van der Waals surface area contributed by atoms with Gasteiger partial charge in [0, 0.05) is 17.6 Å². The van der Waals surface area contributed by atoms with Gasteiger partial charge in [-0.1, -0.05) is 53.6 Å². The van der Waals surface area contributed by atoms with Crippen LogP contribution in [-0.2, 0) is 7.05 Å². The van der Waals surface area contributed by atoms with E-state index in [4.69, 9.17) is 11.6 Å². The summed E-state index contributed by atoms with van der Waals surface area (Å²) in [5.74, 6) is 0.416. The Morgan fingerprint density at radius 2 is 1.96 bits per heavy atom. The summed E-state index contributed by atoms with van der Waals surface area (Å²) in [4.78, 5) is 15.9. The Kier molecular flexibility index (Phi) is 4.30. The van der Waals surface area contributed by atoms with Crippen molar-refractivity contribution in [3.05, 3.63) is 70.7 Å². The van der Waals surface area contributed by atoms with Crippen LogP contribution in [0.2, 0.25) is 0 Å². The molecule has 0 bridgehead atoms. The number of hydrogen-bond donors (Lipinski definition) is 0. The Bertz CT molecular complexity index is 839. The number of imidazole rings is 1. The summed E-state index contributed by atoms with van der Waals surface area (Å²) in [7, 11) is 1.87. The average molecular weight is 325 g/mol. The molecular formula is C19H17ClN2O. The fraction of sp³-hybridized carbons (Fsp3) is 0.158. The van der Waals surface area contributed by atoms with Gasteiger partial charge in [-0.15, -0.1) is 0 Å². The first-order valence-electron chi connectivity index (χ1n) is 7.42. The molecular weight excluding hydrogens is 308 g/mol. The molecule has 116 valence electrons. The quantitative estimate of drug-likeness (QED) is 0.769. The minimum atomic E-state index is 0.416. The summed E-state index contributed by atoms with van der Waals surface area (Å²) < 4.78 is 1.84. The van der Waals surface area contributed by atoms with Gasteiger partial charge < -0.3 is 4.57 Å². The molecule has 0 unspecified atom stereocenters. The van der Waals surface area contributed by atoms with E-state index in [1.165, 1.54) is 5.56 Å². The van der Waals surface area contributed by atoms with Crippen molar-refractivity contribution in [1.29, 1.82) is 0 Å². The number of aromatic nitrogens is 2. The molecule has 4 heteroatoms. The van der Waals surface area contributed by atoms with Crippen LogP contribution in [0.1, 0.15) is 28.3 Å². The third kappa shape index (κ3) is 3.06. The van der Waals surface area contributed by atoms with E-state index >= 15 is 0 Å². The van der Waals surface area contributed by atoms with E-state index in [1.54, 1.807) is 0 Å². The largest absolute Gasteiger partial charge is 0.324 e. The third-order valence-corrected chi connectivity index (χ3v) is 4.17. The van der Waals surface area contributed by atoms with Crippen molar-refractivity contribution in [2.75, 3.05) is 0 Å². The predicted octanol–water partition coefficient (Wildman–Crippen LogP) is 4.67. The molecule has 1 aliphatic rings. The van der Waals surface area contributed by atoms with E-state index in [9.17, 15) is 4.79 Å². The molecule has 1 heterocycles. The lowest BCUT2D eigenvalue weighted by molar-refractivity contribution is 0.111. The van der Waals surface area contributed by atoms with Crippen LogP contribution in [-0.4, -0.2) is 15.8 Å². The van der Waals surface area contributed by atoms with Gasteiger partial charge in [0.05, 0.1) is 11.4 Å². The maximum absolute atomic E-state index is 11.3. The maximum Gasteiger partial charge on any atom is 0.185 e. The first-order valence-corrected chi connectivity index (χ1v) is 7.80. The predicted molar refractivity (Wildman–Crippen MR) is 94.4 cm³/mol. The van der Waals surface area contributed by atoms with E-state index in [1.807, 2.05) is 35.9 Å². The Labute approximate surface area is 140 Å². The van der Waals surface area contributed by atoms with Crippen LogP contribution in [0.15, 0.2) is 53.6 Å². The summed E-state index contributed by atoms with van der Waals surface area (Å²) in [6.07, 6.45) is 9.22. The van der Waals surface area contributed by atoms with E-state index in [0.29, 0.717) is 10.9 Å². The van der Waals surface area contributed by atoms with E-state index in [2.05, 4.69) is 36.2 Å². The molecule has 1 aromatic carbocycles. The van der Waals surface area contributed by atoms with Crippen molar-refractivity contribution >= 4 is 23.5 Å². The molecule has 3 rings (SSSR count). The Balaban J connectivity index is 2.19. The van der Waals surface area contributed by atoms with E-state index < -0.39 is 0 Å². The van der Waals surface area contributed by atoms with Crippen molar-refractivity contribution in [2.24, 2.45) is 7.05 Å². The molecule has 0 saturated carbocycles. The summed E-state index contributed by atoms with van der Waals surface area (Å²) in [6.45, 7) is 2.05. The van der Waals surface area contributed by atoms with Gasteiger partial charge in [0.1, 0.15) is 0 Å². The Morgan fingerprint density at radius 1 is 1.22 bits per heavy atom. The van der Waals surface area contributed by atoms with E-state index in [0.717, 1.165) is 35.2 Å². The lowest BCUT2D eigenvalue weighted by Gasteiger charge is -2.09. The van der Waals surface area contributed by atoms with Gasteiger partial charge in [-0.05, 0) is 31.1 Å². The zero-order chi connectivity index (χ0) is 16.4. The van der Waals surface area contributed by atoms with Gasteiger partial charge >= 0.3 is 0 Å². The van der Waals surface area contributed by atoms with Gasteiger partial charge in [0.25, 0.3) is 0 Å². The normalized spacial score (nSPS) is 14.2. The number of benzene rings is 1. The molecule has 3 nitrogen and oxygen atoms in total. The highest BCUT2D eigenvalue weighted by molar-refractivity contribution is 6.31. The van der Waals surface area contributed by atoms with Crippen molar-refractivity contribution in [3.8, 4) is 11.3 Å². The molecule has 0 spiro atoms. The molecule has 0 amide bonds. The van der Waals surface area contributed by atoms with Crippen LogP contribution in [0, 0.1) is 6.92 Å². The van der Waals surface area contributed by atoms with Crippen molar-refractivity contribution in [1.82, 2.24) is 9.55 Å². The highest BCUT2D eigenvalue weighted by Gasteiger charge is 2.19. The van der Waals surface area contributed by atoms with Crippen molar-refractivity contribution in [3.63, 3.8) is 0 Å². The molecule has 0 N–H and O–H groups in total. The summed E-state index contributed by atoms with van der Waals surface area (Å²) in [6, 6.07) is 8.23. The van der Waals surface area contributed by atoms with Crippen molar-refractivity contribution < 1.29 is 4.79 Å². The van der Waals surface area contributed by atoms with Crippen LogP contribution < -0.4 is 0 Å². The topological polar surface area (TPSA) is 34.9 Å². The standard InChI is InChI=1S/C19H17ClN2O/c1-13-6-8-15(9-7-13)19-18(21-17(12-23)22(19)2)14-4-3-5-16(20)11-10-14/h3,5-12H,4H2,1-2H3. The molecule has 1 aliphatic carbocycles. The lowest BCUT2D eigenvalue weighted by atomic mass is 10.0. The van der Waals surface area contributed by atoms with Gasteiger partial charge in [0.2, 0.25) is 0 Å². The summed E-state index contributed by atoms with van der Waals surface area (Å²) >= 11 is 6.06. The van der Waals surface area contributed by atoms with Crippen LogP contribution in [0.3, 0.4) is 0 Å². The first-order chi connectivity index (χ1) is 11.1. The molecule has 0 atom stereocenters. The number of hydrogen-bond acceptors (Lipinski definition) is 2. The molecule has 23 heavy (non-hydrogen) atoms. The molecule has 2 aromatic rings. The number of allylic oxidation sites excluding steroid dienone is 6. The Morgan fingerprint density at radius 3 is 2.65 bits per heavy atom. The smallest absolute Gasteiger partial charge is 0.185 e. The van der Waals surface area contributed by atoms with Gasteiger partial charge in [-0.3, -0.25) is 4.79 Å². The summed E-state index contributed by atoms with van der Waals surface area (Å²) in [5, 5.41) is 0.684. The monoisotopic (exact) mass is 324 g/mol. The number of carbonyl (C=O) groups is 1. The highest BCUT2D eigenvalue weighted by atomic mass is 35.5. The number of rotatable bonds is 3. The van der Waals surface area contributed by atoms with Crippen LogP contribution >= 0.6 is 11.6 Å².